The van der Waals surface area contributed by atoms with Crippen LogP contribution in [-0.2, 0) is 9.53 Å². The van der Waals surface area contributed by atoms with Gasteiger partial charge in [-0.3, -0.25) is 4.79 Å². The molecule has 0 radical (unpaired) electrons. The summed E-state index contributed by atoms with van der Waals surface area (Å²) in [6.07, 6.45) is 0.740. The predicted molar refractivity (Wildman–Crippen MR) is 103 cm³/mol. The number of nitrogens with one attached hydrogen (secondary N) is 1. The number of benzene rings is 2. The molecular weight excluding hydrogens is 398 g/mol. The molecule has 2 rings (SSSR count). The molecule has 2 aromatic rings. The molecule has 1 atom stereocenters. The fourth-order valence-electron chi connectivity index (χ4n) is 2.45. The largest absolute Gasteiger partial charge is 0.497 e. The summed E-state index contributed by atoms with van der Waals surface area (Å²) in [5, 5.41) is 2.89. The fourth-order valence-corrected chi connectivity index (χ4v) is 2.86. The van der Waals surface area contributed by atoms with E-state index in [0.29, 0.717) is 15.8 Å². The van der Waals surface area contributed by atoms with Crippen molar-refractivity contribution in [2.24, 2.45) is 0 Å². The van der Waals surface area contributed by atoms with Crippen LogP contribution in [0.3, 0.4) is 0 Å². The van der Waals surface area contributed by atoms with Crippen LogP contribution >= 0.6 is 15.9 Å². The molecule has 1 N–H and O–H groups in total. The standard InChI is InChI=1S/C20H22BrNO4/c1-4-18(14-7-5-13(2)6-8-14)22-19(23)12-26-20(24)16-11-15(25-3)9-10-17(16)21/h5-11,18H,4,12H2,1-3H3,(H,22,23)/t18-/m0/s1. The third-order valence-corrected chi connectivity index (χ3v) is 4.64. The molecule has 2 aromatic carbocycles. The average molecular weight is 420 g/mol. The van der Waals surface area contributed by atoms with E-state index in [1.54, 1.807) is 18.2 Å². The van der Waals surface area contributed by atoms with Gasteiger partial charge in [-0.2, -0.15) is 0 Å². The Morgan fingerprint density at radius 1 is 1.15 bits per heavy atom. The monoisotopic (exact) mass is 419 g/mol. The van der Waals surface area contributed by atoms with E-state index in [-0.39, 0.29) is 18.6 Å². The van der Waals surface area contributed by atoms with Crippen molar-refractivity contribution < 1.29 is 19.1 Å². The fraction of sp³-hybridized carbons (Fsp3) is 0.300. The first-order valence-electron chi connectivity index (χ1n) is 8.31. The minimum absolute atomic E-state index is 0.120. The summed E-state index contributed by atoms with van der Waals surface area (Å²) in [5.41, 5.74) is 2.49. The first-order valence-corrected chi connectivity index (χ1v) is 9.10. The number of carbonyl (C=O) groups excluding carboxylic acids is 2. The number of hydrogen-bond acceptors (Lipinski definition) is 4. The zero-order valence-corrected chi connectivity index (χ0v) is 16.6. The molecule has 0 fully saturated rings. The second-order valence-electron chi connectivity index (χ2n) is 5.86. The molecule has 0 unspecified atom stereocenters. The molecule has 0 saturated carbocycles. The Balaban J connectivity index is 1.95. The van der Waals surface area contributed by atoms with Crippen LogP contribution < -0.4 is 10.1 Å². The van der Waals surface area contributed by atoms with Crippen molar-refractivity contribution in [2.75, 3.05) is 13.7 Å². The lowest BCUT2D eigenvalue weighted by Crippen LogP contribution is -2.32. The van der Waals surface area contributed by atoms with Gasteiger partial charge in [0.1, 0.15) is 5.75 Å². The van der Waals surface area contributed by atoms with E-state index < -0.39 is 5.97 Å². The van der Waals surface area contributed by atoms with Gasteiger partial charge in [0.05, 0.1) is 18.7 Å². The predicted octanol–water partition coefficient (Wildman–Crippen LogP) is 4.19. The average Bonchev–Trinajstić information content (AvgIpc) is 2.65. The smallest absolute Gasteiger partial charge is 0.339 e. The quantitative estimate of drug-likeness (QED) is 0.683. The van der Waals surface area contributed by atoms with Gasteiger partial charge < -0.3 is 14.8 Å². The van der Waals surface area contributed by atoms with Gasteiger partial charge in [-0.05, 0) is 53.0 Å². The highest BCUT2D eigenvalue weighted by atomic mass is 79.9. The Labute approximate surface area is 161 Å². The number of aryl methyl sites for hydroxylation is 1. The maximum Gasteiger partial charge on any atom is 0.339 e. The van der Waals surface area contributed by atoms with Gasteiger partial charge in [-0.25, -0.2) is 4.79 Å². The number of carbonyl (C=O) groups is 2. The molecule has 0 saturated heterocycles. The van der Waals surface area contributed by atoms with Crippen LogP contribution in [0.1, 0.15) is 40.9 Å². The van der Waals surface area contributed by atoms with Gasteiger partial charge >= 0.3 is 5.97 Å². The van der Waals surface area contributed by atoms with Crippen LogP contribution in [0.4, 0.5) is 0 Å². The molecule has 6 heteroatoms. The third-order valence-electron chi connectivity index (χ3n) is 3.95. The highest BCUT2D eigenvalue weighted by Gasteiger charge is 2.17. The van der Waals surface area contributed by atoms with Crippen LogP contribution in [0.15, 0.2) is 46.9 Å². The van der Waals surface area contributed by atoms with Gasteiger partial charge in [0.2, 0.25) is 0 Å². The number of hydrogen-bond donors (Lipinski definition) is 1. The molecule has 1 amide bonds. The first kappa shape index (κ1) is 20.0. The van der Waals surface area contributed by atoms with E-state index in [9.17, 15) is 9.59 Å². The Morgan fingerprint density at radius 3 is 2.46 bits per heavy atom. The Kier molecular flexibility index (Phi) is 7.21. The van der Waals surface area contributed by atoms with Crippen LogP contribution in [0.2, 0.25) is 0 Å². The van der Waals surface area contributed by atoms with E-state index in [0.717, 1.165) is 17.5 Å². The zero-order chi connectivity index (χ0) is 19.1. The van der Waals surface area contributed by atoms with Gasteiger partial charge in [0.15, 0.2) is 6.61 Å². The lowest BCUT2D eigenvalue weighted by Gasteiger charge is -2.18. The number of ether oxygens (including phenoxy) is 2. The Morgan fingerprint density at radius 2 is 1.85 bits per heavy atom. The normalized spacial score (nSPS) is 11.5. The minimum atomic E-state index is -0.589. The van der Waals surface area contributed by atoms with Gasteiger partial charge in [0, 0.05) is 4.47 Å². The second kappa shape index (κ2) is 9.38. The Hall–Kier alpha value is -2.34. The number of methoxy groups -OCH3 is 1. The van der Waals surface area contributed by atoms with Crippen molar-refractivity contribution in [3.8, 4) is 5.75 Å². The maximum absolute atomic E-state index is 12.2. The molecule has 138 valence electrons. The second-order valence-corrected chi connectivity index (χ2v) is 6.72. The van der Waals surface area contributed by atoms with E-state index in [1.807, 2.05) is 38.1 Å². The molecule has 0 aromatic heterocycles. The number of amides is 1. The van der Waals surface area contributed by atoms with E-state index in [4.69, 9.17) is 9.47 Å². The molecule has 5 nitrogen and oxygen atoms in total. The summed E-state index contributed by atoms with van der Waals surface area (Å²) >= 11 is 3.30. The summed E-state index contributed by atoms with van der Waals surface area (Å²) in [6.45, 7) is 3.66. The van der Waals surface area contributed by atoms with Crippen molar-refractivity contribution in [1.82, 2.24) is 5.32 Å². The highest BCUT2D eigenvalue weighted by Crippen LogP contribution is 2.23. The maximum atomic E-state index is 12.2. The molecule has 0 aliphatic rings. The van der Waals surface area contributed by atoms with Crippen molar-refractivity contribution in [1.29, 1.82) is 0 Å². The summed E-state index contributed by atoms with van der Waals surface area (Å²) in [7, 11) is 1.52. The molecule has 0 aliphatic heterocycles. The zero-order valence-electron chi connectivity index (χ0n) is 15.0. The summed E-state index contributed by atoms with van der Waals surface area (Å²) in [5.74, 6) is -0.394. The van der Waals surface area contributed by atoms with Gasteiger partial charge in [-0.15, -0.1) is 0 Å². The summed E-state index contributed by atoms with van der Waals surface area (Å²) in [4.78, 5) is 24.4. The molecule has 0 aliphatic carbocycles. The van der Waals surface area contributed by atoms with Gasteiger partial charge in [-0.1, -0.05) is 36.8 Å². The molecular formula is C20H22BrNO4. The van der Waals surface area contributed by atoms with Crippen LogP contribution in [-0.4, -0.2) is 25.6 Å². The highest BCUT2D eigenvalue weighted by molar-refractivity contribution is 9.10. The van der Waals surface area contributed by atoms with Crippen molar-refractivity contribution in [3.05, 3.63) is 63.6 Å². The lowest BCUT2D eigenvalue weighted by molar-refractivity contribution is -0.125. The summed E-state index contributed by atoms with van der Waals surface area (Å²) < 4.78 is 10.8. The minimum Gasteiger partial charge on any atom is -0.497 e. The molecule has 26 heavy (non-hydrogen) atoms. The number of rotatable bonds is 7. The van der Waals surface area contributed by atoms with Crippen LogP contribution in [0, 0.1) is 6.92 Å². The van der Waals surface area contributed by atoms with Crippen LogP contribution in [0.5, 0.6) is 5.75 Å². The van der Waals surface area contributed by atoms with E-state index in [1.165, 1.54) is 7.11 Å². The topological polar surface area (TPSA) is 64.6 Å². The van der Waals surface area contributed by atoms with Crippen molar-refractivity contribution in [2.45, 2.75) is 26.3 Å². The van der Waals surface area contributed by atoms with Crippen LogP contribution in [0.25, 0.3) is 0 Å². The molecule has 0 bridgehead atoms. The van der Waals surface area contributed by atoms with Crippen molar-refractivity contribution in [3.63, 3.8) is 0 Å². The lowest BCUT2D eigenvalue weighted by atomic mass is 10.0. The van der Waals surface area contributed by atoms with Gasteiger partial charge in [0.25, 0.3) is 5.91 Å². The van der Waals surface area contributed by atoms with Crippen molar-refractivity contribution >= 4 is 27.8 Å². The molecule has 0 spiro atoms. The third kappa shape index (κ3) is 5.33. The number of halogens is 1. The Bertz CT molecular complexity index is 774. The SMILES string of the molecule is CC[C@H](NC(=O)COC(=O)c1cc(OC)ccc1Br)c1ccc(C)cc1. The van der Waals surface area contributed by atoms with E-state index >= 15 is 0 Å². The van der Waals surface area contributed by atoms with E-state index in [2.05, 4.69) is 21.2 Å². The summed E-state index contributed by atoms with van der Waals surface area (Å²) in [6, 6.07) is 12.8. The first-order chi connectivity index (χ1) is 12.4. The molecule has 0 heterocycles. The number of esters is 1.